The molecule has 0 N–H and O–H groups in total. The summed E-state index contributed by atoms with van der Waals surface area (Å²) < 4.78 is 10.7. The molecule has 0 aromatic heterocycles. The summed E-state index contributed by atoms with van der Waals surface area (Å²) in [5.74, 6) is -0.834. The first-order chi connectivity index (χ1) is 13.6. The summed E-state index contributed by atoms with van der Waals surface area (Å²) >= 11 is 0. The normalized spacial score (nSPS) is 10.4. The van der Waals surface area contributed by atoms with Gasteiger partial charge in [0.1, 0.15) is 6.61 Å². The van der Waals surface area contributed by atoms with Crippen LogP contribution in [0.3, 0.4) is 0 Å². The Kier molecular flexibility index (Phi) is 6.22. The van der Waals surface area contributed by atoms with Crippen molar-refractivity contribution in [1.82, 2.24) is 0 Å². The van der Waals surface area contributed by atoms with Gasteiger partial charge in [-0.25, -0.2) is 9.59 Å². The summed E-state index contributed by atoms with van der Waals surface area (Å²) in [5.41, 5.74) is 3.88. The minimum absolute atomic E-state index is 0.187. The molecule has 142 valence electrons. The molecule has 0 spiro atoms. The third-order valence-corrected chi connectivity index (χ3v) is 4.40. The van der Waals surface area contributed by atoms with Crippen LogP contribution >= 0.6 is 0 Å². The Balaban J connectivity index is 1.97. The minimum Gasteiger partial charge on any atom is -0.462 e. The number of aryl methyl sites for hydroxylation is 1. The molecule has 0 bridgehead atoms. The number of hydrogen-bond donors (Lipinski definition) is 0. The van der Waals surface area contributed by atoms with E-state index in [0.717, 1.165) is 11.1 Å². The van der Waals surface area contributed by atoms with E-state index in [-0.39, 0.29) is 13.2 Å². The molecule has 3 aromatic rings. The van der Waals surface area contributed by atoms with Crippen molar-refractivity contribution in [2.45, 2.75) is 20.5 Å². The number of benzene rings is 3. The molecule has 0 aliphatic carbocycles. The SMILES string of the molecule is CCOC(=O)c1ccccc1-c1cccc(C)c1C(=O)OCc1ccccc1. The second-order valence-electron chi connectivity index (χ2n) is 6.33. The smallest absolute Gasteiger partial charge is 0.339 e. The molecule has 0 heterocycles. The quantitative estimate of drug-likeness (QED) is 0.557. The Bertz CT molecular complexity index is 977. The van der Waals surface area contributed by atoms with E-state index in [2.05, 4.69) is 0 Å². The molecular formula is C24H22O4. The van der Waals surface area contributed by atoms with Gasteiger partial charge in [-0.2, -0.15) is 0 Å². The lowest BCUT2D eigenvalue weighted by molar-refractivity contribution is 0.0470. The van der Waals surface area contributed by atoms with Crippen molar-refractivity contribution in [3.8, 4) is 11.1 Å². The highest BCUT2D eigenvalue weighted by Crippen LogP contribution is 2.30. The molecule has 0 saturated heterocycles. The van der Waals surface area contributed by atoms with Crippen molar-refractivity contribution in [1.29, 1.82) is 0 Å². The van der Waals surface area contributed by atoms with Gasteiger partial charge in [0.05, 0.1) is 17.7 Å². The number of carbonyl (C=O) groups excluding carboxylic acids is 2. The van der Waals surface area contributed by atoms with Gasteiger partial charge in [-0.1, -0.05) is 66.7 Å². The standard InChI is InChI=1S/C24H22O4/c1-3-27-23(25)21-14-8-7-13-19(21)20-15-9-10-17(2)22(20)24(26)28-16-18-11-5-4-6-12-18/h4-15H,3,16H2,1-2H3. The fourth-order valence-corrected chi connectivity index (χ4v) is 3.06. The fraction of sp³-hybridized carbons (Fsp3) is 0.167. The predicted octanol–water partition coefficient (Wildman–Crippen LogP) is 5.20. The summed E-state index contributed by atoms with van der Waals surface area (Å²) in [6.07, 6.45) is 0. The summed E-state index contributed by atoms with van der Waals surface area (Å²) in [5, 5.41) is 0. The van der Waals surface area contributed by atoms with Gasteiger partial charge in [0.15, 0.2) is 0 Å². The summed E-state index contributed by atoms with van der Waals surface area (Å²) in [7, 11) is 0. The van der Waals surface area contributed by atoms with Crippen molar-refractivity contribution in [3.63, 3.8) is 0 Å². The molecule has 3 aromatic carbocycles. The maximum atomic E-state index is 12.9. The summed E-state index contributed by atoms with van der Waals surface area (Å²) in [6.45, 7) is 4.09. The van der Waals surface area contributed by atoms with E-state index in [0.29, 0.717) is 22.3 Å². The van der Waals surface area contributed by atoms with E-state index >= 15 is 0 Å². The fourth-order valence-electron chi connectivity index (χ4n) is 3.06. The maximum Gasteiger partial charge on any atom is 0.339 e. The minimum atomic E-state index is -0.421. The molecule has 0 unspecified atom stereocenters. The third-order valence-electron chi connectivity index (χ3n) is 4.40. The van der Waals surface area contributed by atoms with E-state index in [4.69, 9.17) is 9.47 Å². The van der Waals surface area contributed by atoms with Crippen LogP contribution in [0, 0.1) is 6.92 Å². The summed E-state index contributed by atoms with van der Waals surface area (Å²) in [6, 6.07) is 22.2. The Morgan fingerprint density at radius 2 is 1.43 bits per heavy atom. The van der Waals surface area contributed by atoms with Crippen molar-refractivity contribution < 1.29 is 19.1 Å². The Hall–Kier alpha value is -3.40. The van der Waals surface area contributed by atoms with Crippen LogP contribution in [0.15, 0.2) is 72.8 Å². The first-order valence-electron chi connectivity index (χ1n) is 9.19. The van der Waals surface area contributed by atoms with E-state index in [1.165, 1.54) is 0 Å². The molecule has 0 amide bonds. The van der Waals surface area contributed by atoms with E-state index in [9.17, 15) is 9.59 Å². The molecular weight excluding hydrogens is 352 g/mol. The molecule has 0 atom stereocenters. The Morgan fingerprint density at radius 1 is 0.750 bits per heavy atom. The van der Waals surface area contributed by atoms with Crippen molar-refractivity contribution in [3.05, 3.63) is 95.1 Å². The Morgan fingerprint density at radius 3 is 2.18 bits per heavy atom. The van der Waals surface area contributed by atoms with Gasteiger partial charge in [0, 0.05) is 0 Å². The highest BCUT2D eigenvalue weighted by molar-refractivity contribution is 6.04. The molecule has 0 radical (unpaired) electrons. The zero-order valence-electron chi connectivity index (χ0n) is 16.0. The topological polar surface area (TPSA) is 52.6 Å². The van der Waals surface area contributed by atoms with Gasteiger partial charge in [-0.05, 0) is 42.2 Å². The number of ether oxygens (including phenoxy) is 2. The molecule has 0 fully saturated rings. The summed E-state index contributed by atoms with van der Waals surface area (Å²) in [4.78, 5) is 25.3. The van der Waals surface area contributed by atoms with Crippen LogP contribution in [0.25, 0.3) is 11.1 Å². The predicted molar refractivity (Wildman–Crippen MR) is 108 cm³/mol. The average Bonchev–Trinajstić information content (AvgIpc) is 2.73. The highest BCUT2D eigenvalue weighted by atomic mass is 16.5. The van der Waals surface area contributed by atoms with Crippen LogP contribution < -0.4 is 0 Å². The lowest BCUT2D eigenvalue weighted by Gasteiger charge is -2.15. The lowest BCUT2D eigenvalue weighted by Crippen LogP contribution is -2.11. The maximum absolute atomic E-state index is 12.9. The first-order valence-corrected chi connectivity index (χ1v) is 9.19. The van der Waals surface area contributed by atoms with E-state index in [1.54, 1.807) is 19.1 Å². The van der Waals surface area contributed by atoms with Crippen LogP contribution in [0.5, 0.6) is 0 Å². The van der Waals surface area contributed by atoms with Crippen molar-refractivity contribution in [2.75, 3.05) is 6.61 Å². The molecule has 0 aliphatic rings. The van der Waals surface area contributed by atoms with E-state index in [1.807, 2.05) is 67.6 Å². The van der Waals surface area contributed by atoms with Crippen LogP contribution in [0.1, 0.15) is 38.8 Å². The molecule has 28 heavy (non-hydrogen) atoms. The van der Waals surface area contributed by atoms with Crippen LogP contribution in [0.2, 0.25) is 0 Å². The number of esters is 2. The molecule has 3 rings (SSSR count). The Labute approximate surface area is 164 Å². The van der Waals surface area contributed by atoms with Crippen LogP contribution in [-0.4, -0.2) is 18.5 Å². The second kappa shape index (κ2) is 9.00. The first kappa shape index (κ1) is 19.4. The van der Waals surface area contributed by atoms with Gasteiger partial charge >= 0.3 is 11.9 Å². The molecule has 4 nitrogen and oxygen atoms in total. The van der Waals surface area contributed by atoms with Crippen LogP contribution in [-0.2, 0) is 16.1 Å². The third kappa shape index (κ3) is 4.29. The number of hydrogen-bond acceptors (Lipinski definition) is 4. The van der Waals surface area contributed by atoms with Gasteiger partial charge in [0.2, 0.25) is 0 Å². The molecule has 0 saturated carbocycles. The zero-order chi connectivity index (χ0) is 19.9. The lowest BCUT2D eigenvalue weighted by atomic mass is 9.92. The van der Waals surface area contributed by atoms with Gasteiger partial charge in [-0.3, -0.25) is 0 Å². The van der Waals surface area contributed by atoms with Gasteiger partial charge < -0.3 is 9.47 Å². The van der Waals surface area contributed by atoms with Gasteiger partial charge in [-0.15, -0.1) is 0 Å². The number of carbonyl (C=O) groups is 2. The van der Waals surface area contributed by atoms with Crippen molar-refractivity contribution >= 4 is 11.9 Å². The van der Waals surface area contributed by atoms with Crippen molar-refractivity contribution in [2.24, 2.45) is 0 Å². The van der Waals surface area contributed by atoms with Gasteiger partial charge in [0.25, 0.3) is 0 Å². The number of rotatable bonds is 6. The van der Waals surface area contributed by atoms with Crippen LogP contribution in [0.4, 0.5) is 0 Å². The van der Waals surface area contributed by atoms with E-state index < -0.39 is 11.9 Å². The monoisotopic (exact) mass is 374 g/mol. The zero-order valence-corrected chi connectivity index (χ0v) is 16.0. The second-order valence-corrected chi connectivity index (χ2v) is 6.33. The molecule has 4 heteroatoms. The molecule has 0 aliphatic heterocycles. The largest absolute Gasteiger partial charge is 0.462 e. The average molecular weight is 374 g/mol. The highest BCUT2D eigenvalue weighted by Gasteiger charge is 2.21.